The Labute approximate surface area is 215 Å². The Kier molecular flexibility index (Phi) is 7.33. The number of benzene rings is 2. The second kappa shape index (κ2) is 10.1. The first-order chi connectivity index (χ1) is 18.0. The van der Waals surface area contributed by atoms with Gasteiger partial charge in [0.2, 0.25) is 0 Å². The fourth-order valence-electron chi connectivity index (χ4n) is 4.40. The second-order valence-electron chi connectivity index (χ2n) is 8.92. The van der Waals surface area contributed by atoms with E-state index in [1.165, 1.54) is 18.0 Å². The number of halogens is 9. The van der Waals surface area contributed by atoms with Gasteiger partial charge >= 0.3 is 18.7 Å². The van der Waals surface area contributed by atoms with E-state index < -0.39 is 48.2 Å². The zero-order valence-corrected chi connectivity index (χ0v) is 20.3. The van der Waals surface area contributed by atoms with Crippen molar-refractivity contribution < 1.29 is 44.3 Å². The quantitative estimate of drug-likeness (QED) is 0.343. The highest BCUT2D eigenvalue weighted by Crippen LogP contribution is 2.43. The molecule has 0 unspecified atom stereocenters. The fourth-order valence-corrected chi connectivity index (χ4v) is 4.40. The number of rotatable bonds is 6. The van der Waals surface area contributed by atoms with Crippen LogP contribution in [0.2, 0.25) is 0 Å². The van der Waals surface area contributed by atoms with Crippen LogP contribution in [0.3, 0.4) is 0 Å². The zero-order valence-electron chi connectivity index (χ0n) is 20.3. The van der Waals surface area contributed by atoms with Crippen LogP contribution in [0, 0.1) is 0 Å². The summed E-state index contributed by atoms with van der Waals surface area (Å²) in [7, 11) is 1.40. The number of ether oxygens (including phenoxy) is 1. The van der Waals surface area contributed by atoms with Crippen molar-refractivity contribution in [2.24, 2.45) is 7.05 Å². The van der Waals surface area contributed by atoms with Crippen molar-refractivity contribution >= 4 is 11.6 Å². The van der Waals surface area contributed by atoms with Gasteiger partial charge in [-0.3, -0.25) is 0 Å². The Morgan fingerprint density at radius 1 is 0.974 bits per heavy atom. The summed E-state index contributed by atoms with van der Waals surface area (Å²) in [5.41, 5.74) is -2.69. The maximum Gasteiger partial charge on any atom is 0.573 e. The molecule has 1 aliphatic rings. The van der Waals surface area contributed by atoms with Gasteiger partial charge in [-0.05, 0) is 60.0 Å². The number of hydrogen-bond acceptors (Lipinski definition) is 6. The van der Waals surface area contributed by atoms with Gasteiger partial charge in [-0.1, -0.05) is 12.0 Å². The monoisotopic (exact) mass is 568 g/mol. The SMILES string of the molecule is CC[C@@H]1C[C@H](N(Cc2cc(C(F)(F)F)cc(C(F)(F)F)c2)c2nnn(C)n2)c2cc(OC(F)(F)F)ccc2N1. The molecule has 0 radical (unpaired) electrons. The third kappa shape index (κ3) is 6.65. The molecule has 0 bridgehead atoms. The molecular formula is C23H21F9N6O. The van der Waals surface area contributed by atoms with Crippen LogP contribution in [0.5, 0.6) is 5.75 Å². The molecule has 1 aromatic heterocycles. The van der Waals surface area contributed by atoms with Crippen LogP contribution >= 0.6 is 0 Å². The third-order valence-electron chi connectivity index (χ3n) is 6.11. The zero-order chi connectivity index (χ0) is 28.8. The van der Waals surface area contributed by atoms with Crippen molar-refractivity contribution in [3.05, 3.63) is 58.7 Å². The van der Waals surface area contributed by atoms with Crippen LogP contribution in [-0.2, 0) is 25.9 Å². The molecule has 212 valence electrons. The van der Waals surface area contributed by atoms with Crippen molar-refractivity contribution in [2.45, 2.75) is 57.1 Å². The maximum atomic E-state index is 13.5. The molecule has 16 heteroatoms. The lowest BCUT2D eigenvalue weighted by Crippen LogP contribution is -2.38. The largest absolute Gasteiger partial charge is 0.573 e. The fraction of sp³-hybridized carbons (Fsp3) is 0.435. The Hall–Kier alpha value is -3.72. The van der Waals surface area contributed by atoms with E-state index in [1.54, 1.807) is 0 Å². The molecule has 0 spiro atoms. The topological polar surface area (TPSA) is 68.1 Å². The molecule has 39 heavy (non-hydrogen) atoms. The summed E-state index contributed by atoms with van der Waals surface area (Å²) in [6, 6.07) is 3.66. The summed E-state index contributed by atoms with van der Waals surface area (Å²) in [6.07, 6.45) is -14.4. The summed E-state index contributed by atoms with van der Waals surface area (Å²) in [5.74, 6) is -0.688. The average molecular weight is 568 g/mol. The van der Waals surface area contributed by atoms with E-state index in [4.69, 9.17) is 0 Å². The van der Waals surface area contributed by atoms with Crippen LogP contribution in [0.15, 0.2) is 36.4 Å². The average Bonchev–Trinajstić information content (AvgIpc) is 3.25. The van der Waals surface area contributed by atoms with Crippen molar-refractivity contribution in [1.82, 2.24) is 20.2 Å². The van der Waals surface area contributed by atoms with Gasteiger partial charge < -0.3 is 15.0 Å². The van der Waals surface area contributed by atoms with E-state index in [2.05, 4.69) is 25.5 Å². The van der Waals surface area contributed by atoms with E-state index >= 15 is 0 Å². The number of nitrogens with zero attached hydrogens (tertiary/aromatic N) is 5. The van der Waals surface area contributed by atoms with Crippen LogP contribution in [0.1, 0.15) is 48.1 Å². The van der Waals surface area contributed by atoms with Gasteiger partial charge in [0.15, 0.2) is 0 Å². The molecule has 1 aliphatic heterocycles. The number of aryl methyl sites for hydroxylation is 1. The van der Waals surface area contributed by atoms with Gasteiger partial charge in [-0.15, -0.1) is 18.3 Å². The molecule has 0 saturated carbocycles. The van der Waals surface area contributed by atoms with Crippen LogP contribution in [0.4, 0.5) is 51.1 Å². The minimum atomic E-state index is -5.07. The van der Waals surface area contributed by atoms with Gasteiger partial charge in [0.05, 0.1) is 24.2 Å². The van der Waals surface area contributed by atoms with Crippen molar-refractivity contribution in [3.63, 3.8) is 0 Å². The lowest BCUT2D eigenvalue weighted by Gasteiger charge is -2.39. The highest BCUT2D eigenvalue weighted by Gasteiger charge is 2.39. The number of fused-ring (bicyclic) bond motifs is 1. The normalized spacial score (nSPS) is 17.9. The lowest BCUT2D eigenvalue weighted by molar-refractivity contribution is -0.274. The van der Waals surface area contributed by atoms with Gasteiger partial charge in [0.25, 0.3) is 5.95 Å². The molecule has 0 saturated heterocycles. The molecule has 0 amide bonds. The summed E-state index contributed by atoms with van der Waals surface area (Å²) in [4.78, 5) is 2.36. The number of aromatic nitrogens is 4. The summed E-state index contributed by atoms with van der Waals surface area (Å²) in [5, 5.41) is 14.9. The smallest absolute Gasteiger partial charge is 0.406 e. The van der Waals surface area contributed by atoms with Crippen molar-refractivity contribution in [3.8, 4) is 5.75 Å². The van der Waals surface area contributed by atoms with Crippen LogP contribution in [-0.4, -0.2) is 32.6 Å². The highest BCUT2D eigenvalue weighted by atomic mass is 19.4. The van der Waals surface area contributed by atoms with Crippen LogP contribution in [0.25, 0.3) is 0 Å². The van der Waals surface area contributed by atoms with E-state index in [9.17, 15) is 39.5 Å². The lowest BCUT2D eigenvalue weighted by atomic mass is 9.90. The number of alkyl halides is 9. The first kappa shape index (κ1) is 28.3. The van der Waals surface area contributed by atoms with Gasteiger partial charge in [-0.2, -0.15) is 31.1 Å². The molecule has 2 heterocycles. The van der Waals surface area contributed by atoms with Gasteiger partial charge in [-0.25, -0.2) is 0 Å². The Bertz CT molecular complexity index is 1290. The summed E-state index contributed by atoms with van der Waals surface area (Å²) < 4.78 is 124. The highest BCUT2D eigenvalue weighted by molar-refractivity contribution is 5.60. The molecule has 4 rings (SSSR count). The Balaban J connectivity index is 1.84. The third-order valence-corrected chi connectivity index (χ3v) is 6.11. The van der Waals surface area contributed by atoms with Gasteiger partial charge in [0.1, 0.15) is 5.75 Å². The Morgan fingerprint density at radius 3 is 2.13 bits per heavy atom. The number of anilines is 2. The Morgan fingerprint density at radius 2 is 1.62 bits per heavy atom. The van der Waals surface area contributed by atoms with E-state index in [1.807, 2.05) is 6.92 Å². The molecule has 3 aromatic rings. The minimum Gasteiger partial charge on any atom is -0.406 e. The van der Waals surface area contributed by atoms with Crippen molar-refractivity contribution in [2.75, 3.05) is 10.2 Å². The predicted octanol–water partition coefficient (Wildman–Crippen LogP) is 6.49. The molecule has 0 fully saturated rings. The van der Waals surface area contributed by atoms with Crippen molar-refractivity contribution in [1.29, 1.82) is 0 Å². The molecule has 1 N–H and O–H groups in total. The van der Waals surface area contributed by atoms with E-state index in [-0.39, 0.29) is 35.6 Å². The predicted molar refractivity (Wildman–Crippen MR) is 120 cm³/mol. The molecule has 2 aromatic carbocycles. The minimum absolute atomic E-state index is 0.0160. The number of nitrogens with one attached hydrogen (secondary N) is 1. The molecular weight excluding hydrogens is 547 g/mol. The summed E-state index contributed by atoms with van der Waals surface area (Å²) >= 11 is 0. The second-order valence-corrected chi connectivity index (χ2v) is 8.92. The molecule has 7 nitrogen and oxygen atoms in total. The van der Waals surface area contributed by atoms with Gasteiger partial charge in [0, 0.05) is 23.8 Å². The first-order valence-electron chi connectivity index (χ1n) is 11.5. The van der Waals surface area contributed by atoms with E-state index in [0.29, 0.717) is 24.2 Å². The molecule has 2 atom stereocenters. The molecule has 0 aliphatic carbocycles. The first-order valence-corrected chi connectivity index (χ1v) is 11.5. The summed E-state index contributed by atoms with van der Waals surface area (Å²) in [6.45, 7) is 1.30. The number of tetrazole rings is 1. The van der Waals surface area contributed by atoms with Crippen LogP contribution < -0.4 is 15.0 Å². The standard InChI is InChI=1S/C23H21F9N6O/c1-3-15-9-19(17-10-16(39-23(30,31)32)4-5-18(17)33-15)38(20-34-36-37(2)35-20)11-12-6-13(21(24,25)26)8-14(7-12)22(27,28)29/h4-8,10,15,19,33H,3,9,11H2,1-2H3/t15-,19+/m1/s1. The van der Waals surface area contributed by atoms with E-state index in [0.717, 1.165) is 16.9 Å². The maximum absolute atomic E-state index is 13.5. The number of hydrogen-bond donors (Lipinski definition) is 1.